The molecule has 102 valence electrons. The average molecular weight is 247 g/mol. The maximum absolute atomic E-state index is 6.39. The molecule has 0 heterocycles. The third-order valence-electron chi connectivity index (χ3n) is 4.00. The Morgan fingerprint density at radius 1 is 1.06 bits per heavy atom. The first-order chi connectivity index (χ1) is 8.63. The van der Waals surface area contributed by atoms with Crippen molar-refractivity contribution in [2.45, 2.75) is 65.8 Å². The lowest BCUT2D eigenvalue weighted by Crippen LogP contribution is -2.19. The lowest BCUT2D eigenvalue weighted by molar-refractivity contribution is 0.423. The minimum atomic E-state index is 0.188. The normalized spacial score (nSPS) is 14.5. The highest BCUT2D eigenvalue weighted by atomic mass is 14.6. The maximum atomic E-state index is 6.39. The molecule has 1 rings (SSSR count). The summed E-state index contributed by atoms with van der Waals surface area (Å²) in [5.74, 6) is 0.571. The third kappa shape index (κ3) is 3.84. The molecule has 0 saturated heterocycles. The second-order valence-corrected chi connectivity index (χ2v) is 5.38. The van der Waals surface area contributed by atoms with Crippen LogP contribution in [0.5, 0.6) is 0 Å². The van der Waals surface area contributed by atoms with Crippen molar-refractivity contribution in [3.05, 3.63) is 34.9 Å². The molecular weight excluding hydrogens is 218 g/mol. The van der Waals surface area contributed by atoms with E-state index < -0.39 is 0 Å². The Labute approximate surface area is 113 Å². The highest BCUT2D eigenvalue weighted by Gasteiger charge is 2.15. The van der Waals surface area contributed by atoms with Crippen molar-refractivity contribution in [2.24, 2.45) is 11.7 Å². The quantitative estimate of drug-likeness (QED) is 0.746. The first-order valence-corrected chi connectivity index (χ1v) is 7.51. The van der Waals surface area contributed by atoms with Gasteiger partial charge in [-0.15, -0.1) is 0 Å². The molecule has 0 amide bonds. The largest absolute Gasteiger partial charge is 0.324 e. The van der Waals surface area contributed by atoms with Gasteiger partial charge in [-0.05, 0) is 41.9 Å². The van der Waals surface area contributed by atoms with Gasteiger partial charge in [0.2, 0.25) is 0 Å². The van der Waals surface area contributed by atoms with E-state index >= 15 is 0 Å². The zero-order valence-electron chi connectivity index (χ0n) is 12.5. The van der Waals surface area contributed by atoms with Crippen LogP contribution >= 0.6 is 0 Å². The number of rotatable bonds is 7. The zero-order valence-corrected chi connectivity index (χ0v) is 12.5. The van der Waals surface area contributed by atoms with Crippen LogP contribution in [0.1, 0.15) is 69.7 Å². The summed E-state index contributed by atoms with van der Waals surface area (Å²) in [4.78, 5) is 0. The maximum Gasteiger partial charge on any atom is 0.0320 e. The Morgan fingerprint density at radius 3 is 2.28 bits per heavy atom. The number of benzene rings is 1. The summed E-state index contributed by atoms with van der Waals surface area (Å²) in [6.45, 7) is 8.96. The van der Waals surface area contributed by atoms with Crippen molar-refractivity contribution in [2.75, 3.05) is 0 Å². The molecule has 2 unspecified atom stereocenters. The summed E-state index contributed by atoms with van der Waals surface area (Å²) in [5.41, 5.74) is 10.6. The minimum Gasteiger partial charge on any atom is -0.324 e. The molecule has 0 aliphatic rings. The third-order valence-corrected chi connectivity index (χ3v) is 4.00. The van der Waals surface area contributed by atoms with E-state index in [1.54, 1.807) is 0 Å². The Kier molecular flexibility index (Phi) is 6.42. The van der Waals surface area contributed by atoms with E-state index in [-0.39, 0.29) is 6.04 Å². The highest BCUT2D eigenvalue weighted by molar-refractivity contribution is 5.33. The van der Waals surface area contributed by atoms with Crippen LogP contribution in [0.15, 0.2) is 18.2 Å². The summed E-state index contributed by atoms with van der Waals surface area (Å²) < 4.78 is 0. The number of aryl methyl sites for hydroxylation is 2. The molecule has 1 aromatic carbocycles. The van der Waals surface area contributed by atoms with Crippen LogP contribution in [0.2, 0.25) is 0 Å². The highest BCUT2D eigenvalue weighted by Crippen LogP contribution is 2.26. The smallest absolute Gasteiger partial charge is 0.0320 e. The van der Waals surface area contributed by atoms with Crippen molar-refractivity contribution < 1.29 is 0 Å². The molecule has 1 nitrogen and oxygen atoms in total. The molecular formula is C17H29N. The van der Waals surface area contributed by atoms with Crippen molar-refractivity contribution in [3.63, 3.8) is 0 Å². The van der Waals surface area contributed by atoms with Gasteiger partial charge in [-0.25, -0.2) is 0 Å². The molecule has 0 fully saturated rings. The summed E-state index contributed by atoms with van der Waals surface area (Å²) in [5, 5.41) is 0. The lowest BCUT2D eigenvalue weighted by atomic mass is 9.88. The molecule has 0 bridgehead atoms. The summed E-state index contributed by atoms with van der Waals surface area (Å²) in [6, 6.07) is 7.00. The fourth-order valence-corrected chi connectivity index (χ4v) is 2.56. The van der Waals surface area contributed by atoms with Crippen LogP contribution in [0.3, 0.4) is 0 Å². The molecule has 0 saturated carbocycles. The number of unbranched alkanes of at least 4 members (excludes halogenated alkanes) is 1. The molecule has 18 heavy (non-hydrogen) atoms. The fraction of sp³-hybridized carbons (Fsp3) is 0.647. The van der Waals surface area contributed by atoms with Gasteiger partial charge in [-0.1, -0.05) is 58.7 Å². The Hall–Kier alpha value is -0.820. The van der Waals surface area contributed by atoms with Crippen LogP contribution in [0.25, 0.3) is 0 Å². The monoisotopic (exact) mass is 247 g/mol. The Balaban J connectivity index is 2.82. The molecule has 1 heteroatoms. The van der Waals surface area contributed by atoms with E-state index in [0.29, 0.717) is 5.92 Å². The number of hydrogen-bond donors (Lipinski definition) is 1. The van der Waals surface area contributed by atoms with Gasteiger partial charge < -0.3 is 5.73 Å². The first-order valence-electron chi connectivity index (χ1n) is 7.51. The van der Waals surface area contributed by atoms with Gasteiger partial charge >= 0.3 is 0 Å². The van der Waals surface area contributed by atoms with Crippen molar-refractivity contribution in [1.29, 1.82) is 0 Å². The van der Waals surface area contributed by atoms with Gasteiger partial charge in [0.05, 0.1) is 0 Å². The van der Waals surface area contributed by atoms with Crippen molar-refractivity contribution >= 4 is 0 Å². The second kappa shape index (κ2) is 7.58. The SMILES string of the molecule is CCCCC(C)C(N)c1ccc(CC)c(CC)c1. The van der Waals surface area contributed by atoms with Crippen LogP contribution in [0, 0.1) is 5.92 Å². The van der Waals surface area contributed by atoms with Crippen molar-refractivity contribution in [1.82, 2.24) is 0 Å². The molecule has 2 atom stereocenters. The minimum absolute atomic E-state index is 0.188. The van der Waals surface area contributed by atoms with Gasteiger partial charge in [0, 0.05) is 6.04 Å². The fourth-order valence-electron chi connectivity index (χ4n) is 2.56. The van der Waals surface area contributed by atoms with Crippen LogP contribution < -0.4 is 5.73 Å². The Morgan fingerprint density at radius 2 is 1.72 bits per heavy atom. The predicted molar refractivity (Wildman–Crippen MR) is 80.8 cm³/mol. The van der Waals surface area contributed by atoms with Crippen LogP contribution in [-0.2, 0) is 12.8 Å². The van der Waals surface area contributed by atoms with E-state index in [0.717, 1.165) is 12.8 Å². The molecule has 0 radical (unpaired) electrons. The molecule has 0 aliphatic carbocycles. The predicted octanol–water partition coefficient (Wildman–Crippen LogP) is 4.64. The zero-order chi connectivity index (χ0) is 13.5. The average Bonchev–Trinajstić information content (AvgIpc) is 2.42. The van der Waals surface area contributed by atoms with Gasteiger partial charge in [0.25, 0.3) is 0 Å². The van der Waals surface area contributed by atoms with E-state index in [1.807, 2.05) is 0 Å². The van der Waals surface area contributed by atoms with Gasteiger partial charge in [-0.3, -0.25) is 0 Å². The number of hydrogen-bond acceptors (Lipinski definition) is 1. The molecule has 2 N–H and O–H groups in total. The summed E-state index contributed by atoms with van der Waals surface area (Å²) >= 11 is 0. The van der Waals surface area contributed by atoms with Crippen molar-refractivity contribution in [3.8, 4) is 0 Å². The summed E-state index contributed by atoms with van der Waals surface area (Å²) in [6.07, 6.45) is 5.99. The second-order valence-electron chi connectivity index (χ2n) is 5.38. The topological polar surface area (TPSA) is 26.0 Å². The van der Waals surface area contributed by atoms with Gasteiger partial charge in [-0.2, -0.15) is 0 Å². The number of nitrogens with two attached hydrogens (primary N) is 1. The Bertz CT molecular complexity index is 357. The van der Waals surface area contributed by atoms with Gasteiger partial charge in [0.1, 0.15) is 0 Å². The molecule has 1 aromatic rings. The first kappa shape index (κ1) is 15.2. The van der Waals surface area contributed by atoms with Crippen LogP contribution in [0.4, 0.5) is 0 Å². The molecule has 0 spiro atoms. The van der Waals surface area contributed by atoms with Crippen LogP contribution in [-0.4, -0.2) is 0 Å². The lowest BCUT2D eigenvalue weighted by Gasteiger charge is -2.21. The standard InChI is InChI=1S/C17H29N/c1-5-8-9-13(4)17(18)16-11-10-14(6-2)15(7-3)12-16/h10-13,17H,5-9,18H2,1-4H3. The molecule has 0 aliphatic heterocycles. The van der Waals surface area contributed by atoms with E-state index in [1.165, 1.54) is 36.0 Å². The van der Waals surface area contributed by atoms with E-state index in [4.69, 9.17) is 5.73 Å². The molecule has 0 aromatic heterocycles. The van der Waals surface area contributed by atoms with Gasteiger partial charge in [0.15, 0.2) is 0 Å². The van der Waals surface area contributed by atoms with E-state index in [2.05, 4.69) is 45.9 Å². The van der Waals surface area contributed by atoms with E-state index in [9.17, 15) is 0 Å². The summed E-state index contributed by atoms with van der Waals surface area (Å²) in [7, 11) is 0.